The van der Waals surface area contributed by atoms with Crippen LogP contribution in [-0.2, 0) is 4.79 Å². The summed E-state index contributed by atoms with van der Waals surface area (Å²) in [6.45, 7) is 1.56. The van der Waals surface area contributed by atoms with Crippen molar-refractivity contribution in [2.75, 3.05) is 18.4 Å². The normalized spacial score (nSPS) is 16.1. The van der Waals surface area contributed by atoms with Crippen LogP contribution >= 0.6 is 0 Å². The highest BCUT2D eigenvalue weighted by Gasteiger charge is 2.27. The Morgan fingerprint density at radius 3 is 2.88 bits per heavy atom. The predicted octanol–water partition coefficient (Wildman–Crippen LogP) is 2.93. The van der Waals surface area contributed by atoms with Gasteiger partial charge in [-0.05, 0) is 31.0 Å². The summed E-state index contributed by atoms with van der Waals surface area (Å²) in [5.74, 6) is 2.10. The molecule has 0 saturated carbocycles. The highest BCUT2D eigenvalue weighted by Crippen LogP contribution is 2.42. The lowest BCUT2D eigenvalue weighted by Crippen LogP contribution is -2.31. The number of pyridine rings is 2. The molecule has 0 spiro atoms. The van der Waals surface area contributed by atoms with Crippen molar-refractivity contribution in [2.45, 2.75) is 18.8 Å². The first kappa shape index (κ1) is 15.1. The molecule has 1 amide bonds. The number of carbonyl (C=O) groups is 1. The molecular formula is C19H18N6O. The molecule has 2 aliphatic heterocycles. The van der Waals surface area contributed by atoms with Crippen LogP contribution in [-0.4, -0.2) is 44.3 Å². The van der Waals surface area contributed by atoms with Crippen LogP contribution in [0.1, 0.15) is 24.6 Å². The van der Waals surface area contributed by atoms with Crippen molar-refractivity contribution in [3.8, 4) is 22.5 Å². The van der Waals surface area contributed by atoms with Crippen molar-refractivity contribution in [1.82, 2.24) is 24.8 Å². The van der Waals surface area contributed by atoms with E-state index in [2.05, 4.69) is 20.3 Å². The van der Waals surface area contributed by atoms with Crippen molar-refractivity contribution >= 4 is 17.9 Å². The van der Waals surface area contributed by atoms with Gasteiger partial charge in [0.2, 0.25) is 6.41 Å². The molecule has 130 valence electrons. The number of hydrogen-bond donors (Lipinski definition) is 2. The molecule has 0 radical (unpaired) electrons. The number of nitrogens with one attached hydrogen (secondary N) is 2. The molecule has 1 fully saturated rings. The number of likely N-dealkylation sites (tertiary alicyclic amines) is 1. The third-order valence-corrected chi connectivity index (χ3v) is 5.19. The largest absolute Gasteiger partial charge is 0.345 e. The number of fused-ring (bicyclic) bond motifs is 5. The van der Waals surface area contributed by atoms with Gasteiger partial charge in [0, 0.05) is 42.5 Å². The number of piperidine rings is 1. The maximum absolute atomic E-state index is 11.0. The number of aromatic nitrogens is 4. The van der Waals surface area contributed by atoms with Gasteiger partial charge in [-0.1, -0.05) is 0 Å². The number of rotatable bonds is 2. The minimum Gasteiger partial charge on any atom is -0.345 e. The van der Waals surface area contributed by atoms with Crippen molar-refractivity contribution in [3.63, 3.8) is 0 Å². The standard InChI is InChI=1S/C19H18N6O/c26-11-25-8-4-12(5-9-25)18-23-16-13-3-7-20-10-15(13)22-19-14(17(16)24-18)2-1-6-21-19/h1-3,6-7,10-12H,4-5,8-9H2,(H,21,22)(H,23,24). The Morgan fingerprint density at radius 1 is 1.15 bits per heavy atom. The monoisotopic (exact) mass is 346 g/mol. The van der Waals surface area contributed by atoms with Gasteiger partial charge in [-0.2, -0.15) is 0 Å². The van der Waals surface area contributed by atoms with E-state index in [1.54, 1.807) is 12.4 Å². The summed E-state index contributed by atoms with van der Waals surface area (Å²) in [7, 11) is 0. The third-order valence-electron chi connectivity index (χ3n) is 5.19. The first-order chi connectivity index (χ1) is 12.8. The van der Waals surface area contributed by atoms with Gasteiger partial charge in [0.1, 0.15) is 17.3 Å². The quantitative estimate of drug-likeness (QED) is 0.545. The summed E-state index contributed by atoms with van der Waals surface area (Å²) in [5, 5.41) is 3.37. The zero-order valence-corrected chi connectivity index (χ0v) is 14.1. The van der Waals surface area contributed by atoms with Crippen molar-refractivity contribution < 1.29 is 4.79 Å². The van der Waals surface area contributed by atoms with Crippen LogP contribution in [0.3, 0.4) is 0 Å². The van der Waals surface area contributed by atoms with Gasteiger partial charge in [-0.15, -0.1) is 0 Å². The van der Waals surface area contributed by atoms with Crippen molar-refractivity contribution in [2.24, 2.45) is 0 Å². The van der Waals surface area contributed by atoms with Crippen LogP contribution in [0.15, 0.2) is 36.8 Å². The van der Waals surface area contributed by atoms with E-state index in [9.17, 15) is 4.79 Å². The lowest BCUT2D eigenvalue weighted by atomic mass is 9.96. The Hall–Kier alpha value is -3.22. The fraction of sp³-hybridized carbons (Fsp3) is 0.263. The lowest BCUT2D eigenvalue weighted by molar-refractivity contribution is -0.119. The minimum atomic E-state index is 0.330. The molecule has 2 aliphatic rings. The first-order valence-electron chi connectivity index (χ1n) is 8.79. The van der Waals surface area contributed by atoms with Gasteiger partial charge >= 0.3 is 0 Å². The van der Waals surface area contributed by atoms with Crippen molar-refractivity contribution in [3.05, 3.63) is 42.6 Å². The summed E-state index contributed by atoms with van der Waals surface area (Å²) >= 11 is 0. The highest BCUT2D eigenvalue weighted by atomic mass is 16.1. The molecule has 0 aliphatic carbocycles. The van der Waals surface area contributed by atoms with E-state index >= 15 is 0 Å². The summed E-state index contributed by atoms with van der Waals surface area (Å²) in [6.07, 6.45) is 8.15. The average molecular weight is 346 g/mol. The highest BCUT2D eigenvalue weighted by molar-refractivity contribution is 5.94. The van der Waals surface area contributed by atoms with Crippen LogP contribution < -0.4 is 5.32 Å². The van der Waals surface area contributed by atoms with E-state index in [0.29, 0.717) is 5.92 Å². The molecule has 0 aromatic carbocycles. The maximum Gasteiger partial charge on any atom is 0.209 e. The molecule has 5 heterocycles. The smallest absolute Gasteiger partial charge is 0.209 e. The number of imidazole rings is 1. The third kappa shape index (κ3) is 2.35. The number of carbonyl (C=O) groups excluding carboxylic acids is 1. The summed E-state index contributed by atoms with van der Waals surface area (Å²) in [4.78, 5) is 30.0. The molecule has 26 heavy (non-hydrogen) atoms. The number of nitrogens with zero attached hydrogens (tertiary/aromatic N) is 4. The van der Waals surface area contributed by atoms with Crippen LogP contribution in [0.5, 0.6) is 0 Å². The van der Waals surface area contributed by atoms with Gasteiger partial charge in [0.15, 0.2) is 0 Å². The molecular weight excluding hydrogens is 328 g/mol. The molecule has 3 aromatic rings. The number of amides is 1. The lowest BCUT2D eigenvalue weighted by Gasteiger charge is -2.27. The van der Waals surface area contributed by atoms with Crippen LogP contribution in [0.4, 0.5) is 11.5 Å². The second-order valence-corrected chi connectivity index (χ2v) is 6.71. The van der Waals surface area contributed by atoms with E-state index in [1.165, 1.54) is 0 Å². The molecule has 3 aromatic heterocycles. The van der Waals surface area contributed by atoms with Gasteiger partial charge in [0.25, 0.3) is 0 Å². The van der Waals surface area contributed by atoms with Gasteiger partial charge in [-0.3, -0.25) is 9.78 Å². The number of aromatic amines is 1. The first-order valence-corrected chi connectivity index (χ1v) is 8.79. The number of anilines is 2. The predicted molar refractivity (Wildman–Crippen MR) is 97.9 cm³/mol. The number of hydrogen-bond acceptors (Lipinski definition) is 5. The fourth-order valence-corrected chi connectivity index (χ4v) is 3.79. The minimum absolute atomic E-state index is 0.330. The molecule has 7 heteroatoms. The molecule has 2 N–H and O–H groups in total. The van der Waals surface area contributed by atoms with E-state index in [4.69, 9.17) is 4.98 Å². The van der Waals surface area contributed by atoms with Crippen molar-refractivity contribution in [1.29, 1.82) is 0 Å². The molecule has 0 atom stereocenters. The topological polar surface area (TPSA) is 86.8 Å². The Bertz CT molecular complexity index is 911. The summed E-state index contributed by atoms with van der Waals surface area (Å²) < 4.78 is 0. The zero-order chi connectivity index (χ0) is 17.5. The van der Waals surface area contributed by atoms with Gasteiger partial charge in [0.05, 0.1) is 17.6 Å². The summed E-state index contributed by atoms with van der Waals surface area (Å²) in [5.41, 5.74) is 4.84. The second-order valence-electron chi connectivity index (χ2n) is 6.71. The van der Waals surface area contributed by atoms with Crippen LogP contribution in [0.25, 0.3) is 22.5 Å². The Balaban J connectivity index is 1.62. The van der Waals surface area contributed by atoms with E-state index < -0.39 is 0 Å². The Morgan fingerprint density at radius 2 is 2.04 bits per heavy atom. The molecule has 7 nitrogen and oxygen atoms in total. The SMILES string of the molecule is O=CN1CCC(c2nc3c([nH]2)-c2ccncc2Nc2ncccc2-3)CC1. The molecule has 5 rings (SSSR count). The Kier molecular flexibility index (Phi) is 3.44. The average Bonchev–Trinajstić information content (AvgIpc) is 3.09. The zero-order valence-electron chi connectivity index (χ0n) is 14.1. The van der Waals surface area contributed by atoms with E-state index in [-0.39, 0.29) is 0 Å². The Labute approximate surface area is 150 Å². The van der Waals surface area contributed by atoms with Gasteiger partial charge < -0.3 is 15.2 Å². The van der Waals surface area contributed by atoms with E-state index in [0.717, 1.165) is 72.2 Å². The number of H-pyrrole nitrogens is 1. The molecule has 1 saturated heterocycles. The maximum atomic E-state index is 11.0. The molecule has 0 unspecified atom stereocenters. The van der Waals surface area contributed by atoms with E-state index in [1.807, 2.05) is 29.3 Å². The summed E-state index contributed by atoms with van der Waals surface area (Å²) in [6, 6.07) is 5.95. The van der Waals surface area contributed by atoms with Crippen LogP contribution in [0.2, 0.25) is 0 Å². The van der Waals surface area contributed by atoms with Crippen LogP contribution in [0, 0.1) is 0 Å². The second kappa shape index (κ2) is 5.94. The fourth-order valence-electron chi connectivity index (χ4n) is 3.79. The van der Waals surface area contributed by atoms with Gasteiger partial charge in [-0.25, -0.2) is 9.97 Å². The molecule has 0 bridgehead atoms.